The molecule has 2 unspecified atom stereocenters. The van der Waals surface area contributed by atoms with Gasteiger partial charge in [0, 0.05) is 5.56 Å². The van der Waals surface area contributed by atoms with E-state index in [2.05, 4.69) is 31.2 Å². The van der Waals surface area contributed by atoms with Crippen molar-refractivity contribution in [1.82, 2.24) is 0 Å². The van der Waals surface area contributed by atoms with Gasteiger partial charge in [-0.1, -0.05) is 31.2 Å². The van der Waals surface area contributed by atoms with Gasteiger partial charge in [0.1, 0.15) is 0 Å². The Balaban J connectivity index is 2.04. The molecule has 2 nitrogen and oxygen atoms in total. The second kappa shape index (κ2) is 4.97. The van der Waals surface area contributed by atoms with Gasteiger partial charge in [0.25, 0.3) is 0 Å². The third-order valence-electron chi connectivity index (χ3n) is 2.58. The smallest absolute Gasteiger partial charge is 0.184 e. The molecular weight excluding hydrogens is 212 g/mol. The summed E-state index contributed by atoms with van der Waals surface area (Å²) in [7, 11) is 0. The number of ether oxygens (including phenoxy) is 2. The molecule has 82 valence electrons. The van der Waals surface area contributed by atoms with E-state index in [1.54, 1.807) is 0 Å². The third kappa shape index (κ3) is 2.51. The van der Waals surface area contributed by atoms with Gasteiger partial charge in [0.05, 0.1) is 18.6 Å². The molecule has 0 radical (unpaired) electrons. The van der Waals surface area contributed by atoms with Crippen LogP contribution in [0.15, 0.2) is 24.3 Å². The van der Waals surface area contributed by atoms with Crippen LogP contribution in [0.5, 0.6) is 0 Å². The maximum absolute atomic E-state index is 5.70. The molecule has 1 aromatic rings. The van der Waals surface area contributed by atoms with E-state index in [-0.39, 0.29) is 12.4 Å². The molecule has 0 saturated carbocycles. The normalized spacial score (nSPS) is 25.7. The van der Waals surface area contributed by atoms with Crippen LogP contribution in [-0.2, 0) is 15.9 Å². The van der Waals surface area contributed by atoms with Crippen LogP contribution in [0.25, 0.3) is 0 Å². The predicted molar refractivity (Wildman–Crippen MR) is 60.1 cm³/mol. The van der Waals surface area contributed by atoms with E-state index in [1.165, 1.54) is 5.56 Å². The Hall–Kier alpha value is -0.570. The summed E-state index contributed by atoms with van der Waals surface area (Å²) in [5.74, 6) is 0.490. The fraction of sp³-hybridized carbons (Fsp3) is 0.500. The summed E-state index contributed by atoms with van der Waals surface area (Å²) in [6, 6.07) is 8.33. The Bertz CT molecular complexity index is 310. The van der Waals surface area contributed by atoms with Crippen molar-refractivity contribution in [3.05, 3.63) is 35.4 Å². The van der Waals surface area contributed by atoms with Gasteiger partial charge in [0.15, 0.2) is 6.29 Å². The molecule has 1 saturated heterocycles. The zero-order chi connectivity index (χ0) is 10.7. The van der Waals surface area contributed by atoms with Crippen LogP contribution >= 0.6 is 11.6 Å². The molecule has 15 heavy (non-hydrogen) atoms. The van der Waals surface area contributed by atoms with Crippen molar-refractivity contribution < 1.29 is 9.47 Å². The van der Waals surface area contributed by atoms with Gasteiger partial charge in [-0.25, -0.2) is 0 Å². The minimum atomic E-state index is -0.236. The summed E-state index contributed by atoms with van der Waals surface area (Å²) in [4.78, 5) is 0. The van der Waals surface area contributed by atoms with Crippen molar-refractivity contribution in [3.63, 3.8) is 0 Å². The molecule has 1 fully saturated rings. The summed E-state index contributed by atoms with van der Waals surface area (Å²) >= 11 is 5.70. The Morgan fingerprint density at radius 1 is 1.33 bits per heavy atom. The third-order valence-corrected chi connectivity index (χ3v) is 2.93. The first-order chi connectivity index (χ1) is 7.33. The lowest BCUT2D eigenvalue weighted by Crippen LogP contribution is -2.10. The molecule has 1 heterocycles. The van der Waals surface area contributed by atoms with E-state index in [4.69, 9.17) is 21.1 Å². The molecule has 3 heteroatoms. The standard InChI is InChI=1S/C12H15ClO2/c1-2-9-3-5-10(6-4-9)12-14-8-11(7-13)15-12/h3-6,11-12H,2,7-8H2,1H3. The molecule has 0 aromatic heterocycles. The summed E-state index contributed by atoms with van der Waals surface area (Å²) in [6.45, 7) is 2.73. The van der Waals surface area contributed by atoms with Crippen molar-refractivity contribution in [3.8, 4) is 0 Å². The topological polar surface area (TPSA) is 18.5 Å². The maximum atomic E-state index is 5.70. The van der Waals surface area contributed by atoms with E-state index < -0.39 is 0 Å². The summed E-state index contributed by atoms with van der Waals surface area (Å²) in [5.41, 5.74) is 2.39. The van der Waals surface area contributed by atoms with E-state index >= 15 is 0 Å². The maximum Gasteiger partial charge on any atom is 0.184 e. The minimum absolute atomic E-state index is 0.0301. The average Bonchev–Trinajstić information content (AvgIpc) is 2.78. The molecule has 1 aromatic carbocycles. The van der Waals surface area contributed by atoms with Gasteiger partial charge in [-0.05, 0) is 12.0 Å². The molecule has 0 aliphatic carbocycles. The fourth-order valence-corrected chi connectivity index (χ4v) is 1.78. The van der Waals surface area contributed by atoms with E-state index in [1.807, 2.05) is 0 Å². The Morgan fingerprint density at radius 2 is 2.07 bits per heavy atom. The monoisotopic (exact) mass is 226 g/mol. The van der Waals surface area contributed by atoms with Gasteiger partial charge >= 0.3 is 0 Å². The molecule has 2 atom stereocenters. The zero-order valence-electron chi connectivity index (χ0n) is 8.78. The highest BCUT2D eigenvalue weighted by molar-refractivity contribution is 6.18. The number of benzene rings is 1. The summed E-state index contributed by atoms with van der Waals surface area (Å²) in [6.07, 6.45) is 0.846. The number of aryl methyl sites for hydroxylation is 1. The van der Waals surface area contributed by atoms with E-state index in [0.29, 0.717) is 12.5 Å². The van der Waals surface area contributed by atoms with Gasteiger partial charge in [-0.3, -0.25) is 0 Å². The molecule has 0 N–H and O–H groups in total. The first-order valence-electron chi connectivity index (χ1n) is 5.25. The summed E-state index contributed by atoms with van der Waals surface area (Å²) in [5, 5.41) is 0. The predicted octanol–water partition coefficient (Wildman–Crippen LogP) is 2.90. The lowest BCUT2D eigenvalue weighted by atomic mass is 10.1. The highest BCUT2D eigenvalue weighted by atomic mass is 35.5. The average molecular weight is 227 g/mol. The number of rotatable bonds is 3. The van der Waals surface area contributed by atoms with Crippen LogP contribution in [0.4, 0.5) is 0 Å². The van der Waals surface area contributed by atoms with Gasteiger partial charge in [-0.15, -0.1) is 11.6 Å². The quantitative estimate of drug-likeness (QED) is 0.738. The molecule has 1 aliphatic rings. The highest BCUT2D eigenvalue weighted by Crippen LogP contribution is 2.27. The Morgan fingerprint density at radius 3 is 2.60 bits per heavy atom. The molecule has 2 rings (SSSR count). The lowest BCUT2D eigenvalue weighted by molar-refractivity contribution is -0.0567. The molecule has 1 aliphatic heterocycles. The van der Waals surface area contributed by atoms with Crippen LogP contribution in [-0.4, -0.2) is 18.6 Å². The highest BCUT2D eigenvalue weighted by Gasteiger charge is 2.26. The van der Waals surface area contributed by atoms with Crippen LogP contribution in [0, 0.1) is 0 Å². The van der Waals surface area contributed by atoms with E-state index in [0.717, 1.165) is 12.0 Å². The van der Waals surface area contributed by atoms with Crippen LogP contribution in [0.3, 0.4) is 0 Å². The summed E-state index contributed by atoms with van der Waals surface area (Å²) < 4.78 is 11.1. The number of alkyl halides is 1. The van der Waals surface area contributed by atoms with Crippen molar-refractivity contribution in [2.75, 3.05) is 12.5 Å². The largest absolute Gasteiger partial charge is 0.346 e. The first kappa shape index (κ1) is 10.9. The number of halogens is 1. The van der Waals surface area contributed by atoms with Crippen LogP contribution in [0.1, 0.15) is 24.3 Å². The Kier molecular flexibility index (Phi) is 3.62. The van der Waals surface area contributed by atoms with E-state index in [9.17, 15) is 0 Å². The van der Waals surface area contributed by atoms with Crippen molar-refractivity contribution in [1.29, 1.82) is 0 Å². The minimum Gasteiger partial charge on any atom is -0.346 e. The Labute approximate surface area is 95.1 Å². The second-order valence-electron chi connectivity index (χ2n) is 3.67. The van der Waals surface area contributed by atoms with Gasteiger partial charge in [0.2, 0.25) is 0 Å². The SMILES string of the molecule is CCc1ccc(C2OCC(CCl)O2)cc1. The number of hydrogen-bond donors (Lipinski definition) is 0. The van der Waals surface area contributed by atoms with Gasteiger partial charge in [-0.2, -0.15) is 0 Å². The molecule has 0 spiro atoms. The van der Waals surface area contributed by atoms with Crippen molar-refractivity contribution in [2.45, 2.75) is 25.7 Å². The van der Waals surface area contributed by atoms with Gasteiger partial charge < -0.3 is 9.47 Å². The zero-order valence-corrected chi connectivity index (χ0v) is 9.54. The van der Waals surface area contributed by atoms with Crippen LogP contribution < -0.4 is 0 Å². The molecule has 0 bridgehead atoms. The fourth-order valence-electron chi connectivity index (χ4n) is 1.61. The molecular formula is C12H15ClO2. The number of hydrogen-bond acceptors (Lipinski definition) is 2. The van der Waals surface area contributed by atoms with Crippen molar-refractivity contribution >= 4 is 11.6 Å². The lowest BCUT2D eigenvalue weighted by Gasteiger charge is -2.10. The second-order valence-corrected chi connectivity index (χ2v) is 3.98. The molecule has 0 amide bonds. The van der Waals surface area contributed by atoms with Crippen molar-refractivity contribution in [2.24, 2.45) is 0 Å². The van der Waals surface area contributed by atoms with Crippen LogP contribution in [0.2, 0.25) is 0 Å². The first-order valence-corrected chi connectivity index (χ1v) is 5.78.